The standard InChI is InChI=1S/C18H32N2O/c21-18(15-7-3-1-4-8-15)20-13-11-17(12-14-20)19-16-9-5-2-6-10-16/h15-17,19H,1-14H2. The quantitative estimate of drug-likeness (QED) is 0.863. The van der Waals surface area contributed by atoms with Crippen LogP contribution in [-0.2, 0) is 4.79 Å². The van der Waals surface area contributed by atoms with Crippen LogP contribution < -0.4 is 5.32 Å². The zero-order valence-corrected chi connectivity index (χ0v) is 13.5. The third-order valence-electron chi connectivity index (χ3n) is 5.84. The maximum absolute atomic E-state index is 12.6. The van der Waals surface area contributed by atoms with Crippen LogP contribution in [-0.4, -0.2) is 36.0 Å². The van der Waals surface area contributed by atoms with E-state index >= 15 is 0 Å². The zero-order chi connectivity index (χ0) is 14.5. The lowest BCUT2D eigenvalue weighted by molar-refractivity contribution is -0.137. The van der Waals surface area contributed by atoms with E-state index < -0.39 is 0 Å². The second-order valence-electron chi connectivity index (χ2n) is 7.44. The van der Waals surface area contributed by atoms with Crippen LogP contribution >= 0.6 is 0 Å². The highest BCUT2D eigenvalue weighted by Gasteiger charge is 2.29. The Labute approximate surface area is 129 Å². The van der Waals surface area contributed by atoms with Gasteiger partial charge in [0.15, 0.2) is 0 Å². The first-order valence-corrected chi connectivity index (χ1v) is 9.38. The van der Waals surface area contributed by atoms with Crippen molar-refractivity contribution in [2.75, 3.05) is 13.1 Å². The van der Waals surface area contributed by atoms with Gasteiger partial charge in [0.25, 0.3) is 0 Å². The Morgan fingerprint density at radius 1 is 0.714 bits per heavy atom. The predicted octanol–water partition coefficient (Wildman–Crippen LogP) is 3.48. The molecule has 3 nitrogen and oxygen atoms in total. The Bertz CT molecular complexity index is 324. The minimum absolute atomic E-state index is 0.349. The molecule has 0 aromatic heterocycles. The van der Waals surface area contributed by atoms with E-state index in [1.807, 2.05) is 0 Å². The van der Waals surface area contributed by atoms with Gasteiger partial charge in [-0.05, 0) is 38.5 Å². The molecule has 21 heavy (non-hydrogen) atoms. The van der Waals surface area contributed by atoms with Gasteiger partial charge in [-0.1, -0.05) is 38.5 Å². The summed E-state index contributed by atoms with van der Waals surface area (Å²) in [6.45, 7) is 1.97. The fourth-order valence-corrected chi connectivity index (χ4v) is 4.48. The summed E-state index contributed by atoms with van der Waals surface area (Å²) >= 11 is 0. The maximum Gasteiger partial charge on any atom is 0.225 e. The summed E-state index contributed by atoms with van der Waals surface area (Å²) < 4.78 is 0. The number of carbonyl (C=O) groups excluding carboxylic acids is 1. The van der Waals surface area contributed by atoms with Crippen molar-refractivity contribution in [3.05, 3.63) is 0 Å². The van der Waals surface area contributed by atoms with Gasteiger partial charge in [-0.3, -0.25) is 4.79 Å². The van der Waals surface area contributed by atoms with Crippen molar-refractivity contribution >= 4 is 5.91 Å². The third-order valence-corrected chi connectivity index (χ3v) is 5.84. The number of nitrogens with zero attached hydrogens (tertiary/aromatic N) is 1. The van der Waals surface area contributed by atoms with Gasteiger partial charge in [0.1, 0.15) is 0 Å². The van der Waals surface area contributed by atoms with E-state index in [0.29, 0.717) is 17.9 Å². The van der Waals surface area contributed by atoms with Crippen LogP contribution in [0.25, 0.3) is 0 Å². The summed E-state index contributed by atoms with van der Waals surface area (Å²) in [7, 11) is 0. The first kappa shape index (κ1) is 15.3. The van der Waals surface area contributed by atoms with Gasteiger partial charge in [-0.25, -0.2) is 0 Å². The number of hydrogen-bond acceptors (Lipinski definition) is 2. The van der Waals surface area contributed by atoms with Crippen LogP contribution in [0.4, 0.5) is 0 Å². The Balaban J connectivity index is 1.40. The third kappa shape index (κ3) is 4.21. The van der Waals surface area contributed by atoms with E-state index in [2.05, 4.69) is 10.2 Å². The molecule has 2 aliphatic carbocycles. The van der Waals surface area contributed by atoms with Crippen LogP contribution in [0.5, 0.6) is 0 Å². The van der Waals surface area contributed by atoms with Crippen molar-refractivity contribution < 1.29 is 4.79 Å². The summed E-state index contributed by atoms with van der Waals surface area (Å²) in [4.78, 5) is 14.7. The van der Waals surface area contributed by atoms with E-state index in [0.717, 1.165) is 44.8 Å². The second-order valence-corrected chi connectivity index (χ2v) is 7.44. The second kappa shape index (κ2) is 7.62. The summed E-state index contributed by atoms with van der Waals surface area (Å²) in [5, 5.41) is 3.86. The zero-order valence-electron chi connectivity index (χ0n) is 13.5. The monoisotopic (exact) mass is 292 g/mol. The van der Waals surface area contributed by atoms with E-state index in [1.165, 1.54) is 51.4 Å². The van der Waals surface area contributed by atoms with Crippen LogP contribution in [0.15, 0.2) is 0 Å². The van der Waals surface area contributed by atoms with Crippen molar-refractivity contribution in [3.63, 3.8) is 0 Å². The summed E-state index contributed by atoms with van der Waals surface area (Å²) in [5.41, 5.74) is 0. The summed E-state index contributed by atoms with van der Waals surface area (Å²) in [6.07, 6.45) is 15.4. The van der Waals surface area contributed by atoms with E-state index in [4.69, 9.17) is 0 Å². The van der Waals surface area contributed by atoms with Gasteiger partial charge in [0.05, 0.1) is 0 Å². The molecular formula is C18H32N2O. The van der Waals surface area contributed by atoms with E-state index in [9.17, 15) is 4.79 Å². The lowest BCUT2D eigenvalue weighted by atomic mass is 9.87. The maximum atomic E-state index is 12.6. The van der Waals surface area contributed by atoms with Gasteiger partial charge in [0, 0.05) is 31.1 Å². The number of carbonyl (C=O) groups is 1. The Hall–Kier alpha value is -0.570. The minimum atomic E-state index is 0.349. The predicted molar refractivity (Wildman–Crippen MR) is 86.2 cm³/mol. The highest BCUT2D eigenvalue weighted by Crippen LogP contribution is 2.27. The molecule has 1 N–H and O–H groups in total. The molecule has 0 bridgehead atoms. The topological polar surface area (TPSA) is 32.3 Å². The average molecular weight is 292 g/mol. The molecule has 1 aliphatic heterocycles. The normalized spacial score (nSPS) is 27.0. The van der Waals surface area contributed by atoms with E-state index in [-0.39, 0.29) is 0 Å². The molecule has 2 saturated carbocycles. The lowest BCUT2D eigenvalue weighted by Crippen LogP contribution is -2.49. The van der Waals surface area contributed by atoms with Crippen LogP contribution in [0.2, 0.25) is 0 Å². The average Bonchev–Trinajstić information content (AvgIpc) is 2.57. The molecule has 0 radical (unpaired) electrons. The number of nitrogens with one attached hydrogen (secondary N) is 1. The number of amides is 1. The molecule has 3 aliphatic rings. The van der Waals surface area contributed by atoms with Crippen molar-refractivity contribution in [1.29, 1.82) is 0 Å². The minimum Gasteiger partial charge on any atom is -0.342 e. The molecular weight excluding hydrogens is 260 g/mol. The smallest absolute Gasteiger partial charge is 0.225 e. The molecule has 3 fully saturated rings. The molecule has 3 rings (SSSR count). The van der Waals surface area contributed by atoms with Crippen molar-refractivity contribution in [1.82, 2.24) is 10.2 Å². The molecule has 0 aromatic rings. The molecule has 0 atom stereocenters. The lowest BCUT2D eigenvalue weighted by Gasteiger charge is -2.37. The van der Waals surface area contributed by atoms with E-state index in [1.54, 1.807) is 0 Å². The molecule has 0 spiro atoms. The SMILES string of the molecule is O=C(C1CCCCC1)N1CCC(NC2CCCCC2)CC1. The van der Waals surface area contributed by atoms with Crippen molar-refractivity contribution in [2.24, 2.45) is 5.92 Å². The number of hydrogen-bond donors (Lipinski definition) is 1. The largest absolute Gasteiger partial charge is 0.342 e. The molecule has 120 valence electrons. The van der Waals surface area contributed by atoms with Gasteiger partial charge >= 0.3 is 0 Å². The summed E-state index contributed by atoms with van der Waals surface area (Å²) in [5.74, 6) is 0.812. The first-order valence-electron chi connectivity index (χ1n) is 9.38. The van der Waals surface area contributed by atoms with Crippen LogP contribution in [0.1, 0.15) is 77.0 Å². The number of piperidine rings is 1. The van der Waals surface area contributed by atoms with Gasteiger partial charge in [-0.2, -0.15) is 0 Å². The molecule has 3 heteroatoms. The molecule has 0 unspecified atom stereocenters. The number of rotatable bonds is 3. The molecule has 1 saturated heterocycles. The highest BCUT2D eigenvalue weighted by molar-refractivity contribution is 5.79. The van der Waals surface area contributed by atoms with Crippen LogP contribution in [0, 0.1) is 5.92 Å². The van der Waals surface area contributed by atoms with Crippen LogP contribution in [0.3, 0.4) is 0 Å². The Kier molecular flexibility index (Phi) is 5.56. The molecule has 1 heterocycles. The summed E-state index contributed by atoms with van der Waals surface area (Å²) in [6, 6.07) is 1.41. The highest BCUT2D eigenvalue weighted by atomic mass is 16.2. The Morgan fingerprint density at radius 3 is 1.86 bits per heavy atom. The van der Waals surface area contributed by atoms with Gasteiger partial charge in [0.2, 0.25) is 5.91 Å². The van der Waals surface area contributed by atoms with Gasteiger partial charge < -0.3 is 10.2 Å². The fraction of sp³-hybridized carbons (Fsp3) is 0.944. The first-order chi connectivity index (χ1) is 10.3. The molecule has 0 aromatic carbocycles. The van der Waals surface area contributed by atoms with Gasteiger partial charge in [-0.15, -0.1) is 0 Å². The molecule has 1 amide bonds. The fourth-order valence-electron chi connectivity index (χ4n) is 4.48. The number of likely N-dealkylation sites (tertiary alicyclic amines) is 1. The Morgan fingerprint density at radius 2 is 1.24 bits per heavy atom. The van der Waals surface area contributed by atoms with Crippen molar-refractivity contribution in [2.45, 2.75) is 89.1 Å². The van der Waals surface area contributed by atoms with Crippen molar-refractivity contribution in [3.8, 4) is 0 Å².